The molecule has 0 aliphatic heterocycles. The van der Waals surface area contributed by atoms with Crippen LogP contribution in [-0.2, 0) is 9.53 Å². The predicted octanol–water partition coefficient (Wildman–Crippen LogP) is 3.79. The summed E-state index contributed by atoms with van der Waals surface area (Å²) in [5.41, 5.74) is 2.82. The highest BCUT2D eigenvalue weighted by Crippen LogP contribution is 2.59. The molecule has 0 radical (unpaired) electrons. The first-order valence-corrected chi connectivity index (χ1v) is 9.93. The molecule has 4 nitrogen and oxygen atoms in total. The second-order valence-electron chi connectivity index (χ2n) is 9.09. The van der Waals surface area contributed by atoms with Crippen LogP contribution in [0.1, 0.15) is 60.0 Å². The standard InChI is InChI=1S/C22H29NO3/c1-14-3-4-19(15(2)5-14)21(25)26-12-20(24)23-13-22-9-16-6-17(10-22)8-18(7-16)11-22/h3-5,16-18H,6-13H2,1-2H3,(H,23,24). The Morgan fingerprint density at radius 3 is 2.27 bits per heavy atom. The molecule has 0 heterocycles. The van der Waals surface area contributed by atoms with Crippen LogP contribution in [0.25, 0.3) is 0 Å². The lowest BCUT2D eigenvalue weighted by Gasteiger charge is -2.56. The number of hydrogen-bond donors (Lipinski definition) is 1. The Kier molecular flexibility index (Phi) is 4.54. The van der Waals surface area contributed by atoms with E-state index in [9.17, 15) is 9.59 Å². The molecule has 0 spiro atoms. The van der Waals surface area contributed by atoms with Crippen molar-refractivity contribution < 1.29 is 14.3 Å². The second kappa shape index (κ2) is 6.71. The second-order valence-corrected chi connectivity index (χ2v) is 9.09. The Bertz CT molecular complexity index is 689. The Balaban J connectivity index is 1.27. The third-order valence-electron chi connectivity index (χ3n) is 6.76. The highest BCUT2D eigenvalue weighted by Gasteiger charge is 2.50. The molecule has 4 aliphatic carbocycles. The van der Waals surface area contributed by atoms with E-state index in [4.69, 9.17) is 4.74 Å². The smallest absolute Gasteiger partial charge is 0.338 e. The normalized spacial score (nSPS) is 31.7. The van der Waals surface area contributed by atoms with Crippen LogP contribution in [0.5, 0.6) is 0 Å². The summed E-state index contributed by atoms with van der Waals surface area (Å²) in [4.78, 5) is 24.4. The van der Waals surface area contributed by atoms with Crippen molar-refractivity contribution in [3.63, 3.8) is 0 Å². The van der Waals surface area contributed by atoms with Crippen molar-refractivity contribution in [2.24, 2.45) is 23.2 Å². The van der Waals surface area contributed by atoms with Gasteiger partial charge in [-0.05, 0) is 87.2 Å². The molecule has 4 heteroatoms. The van der Waals surface area contributed by atoms with Crippen molar-refractivity contribution in [1.82, 2.24) is 5.32 Å². The maximum atomic E-state index is 12.2. The number of amides is 1. The lowest BCUT2D eigenvalue weighted by atomic mass is 9.49. The molecule has 0 unspecified atom stereocenters. The quantitative estimate of drug-likeness (QED) is 0.818. The Morgan fingerprint density at radius 1 is 1.08 bits per heavy atom. The van der Waals surface area contributed by atoms with E-state index in [1.165, 1.54) is 38.5 Å². The van der Waals surface area contributed by atoms with E-state index in [0.29, 0.717) is 11.0 Å². The Morgan fingerprint density at radius 2 is 1.69 bits per heavy atom. The molecule has 0 atom stereocenters. The molecule has 1 N–H and O–H groups in total. The van der Waals surface area contributed by atoms with Crippen LogP contribution in [0.2, 0.25) is 0 Å². The van der Waals surface area contributed by atoms with Crippen LogP contribution in [0.4, 0.5) is 0 Å². The lowest BCUT2D eigenvalue weighted by molar-refractivity contribution is -0.126. The molecule has 1 aromatic carbocycles. The van der Waals surface area contributed by atoms with Crippen LogP contribution >= 0.6 is 0 Å². The molecular weight excluding hydrogens is 326 g/mol. The molecular formula is C22H29NO3. The van der Waals surface area contributed by atoms with Crippen LogP contribution in [0, 0.1) is 37.0 Å². The van der Waals surface area contributed by atoms with Gasteiger partial charge in [-0.15, -0.1) is 0 Å². The fourth-order valence-corrected chi connectivity index (χ4v) is 6.10. The van der Waals surface area contributed by atoms with Gasteiger partial charge in [-0.3, -0.25) is 4.79 Å². The maximum absolute atomic E-state index is 12.2. The molecule has 1 aromatic rings. The van der Waals surface area contributed by atoms with E-state index in [0.717, 1.165) is 35.4 Å². The van der Waals surface area contributed by atoms with Gasteiger partial charge in [-0.1, -0.05) is 17.7 Å². The zero-order valence-corrected chi connectivity index (χ0v) is 15.8. The predicted molar refractivity (Wildman–Crippen MR) is 99.8 cm³/mol. The highest BCUT2D eigenvalue weighted by molar-refractivity contribution is 5.92. The zero-order chi connectivity index (χ0) is 18.3. The van der Waals surface area contributed by atoms with E-state index in [2.05, 4.69) is 5.32 Å². The van der Waals surface area contributed by atoms with E-state index in [1.54, 1.807) is 6.07 Å². The number of rotatable bonds is 5. The van der Waals surface area contributed by atoms with Crippen LogP contribution in [0.15, 0.2) is 18.2 Å². The third-order valence-corrected chi connectivity index (χ3v) is 6.76. The summed E-state index contributed by atoms with van der Waals surface area (Å²) >= 11 is 0. The number of hydrogen-bond acceptors (Lipinski definition) is 3. The van der Waals surface area contributed by atoms with Crippen molar-refractivity contribution in [2.75, 3.05) is 13.2 Å². The third kappa shape index (κ3) is 3.51. The number of esters is 1. The van der Waals surface area contributed by atoms with Crippen molar-refractivity contribution in [1.29, 1.82) is 0 Å². The number of nitrogens with one attached hydrogen (secondary N) is 1. The summed E-state index contributed by atoms with van der Waals surface area (Å²) in [6.45, 7) is 4.42. The van der Waals surface area contributed by atoms with Gasteiger partial charge in [-0.2, -0.15) is 0 Å². The maximum Gasteiger partial charge on any atom is 0.338 e. The molecule has 140 valence electrons. The molecule has 1 amide bonds. The van der Waals surface area contributed by atoms with Gasteiger partial charge in [0.25, 0.3) is 5.91 Å². The van der Waals surface area contributed by atoms with E-state index in [-0.39, 0.29) is 12.5 Å². The first-order valence-electron chi connectivity index (χ1n) is 9.93. The largest absolute Gasteiger partial charge is 0.452 e. The summed E-state index contributed by atoms with van der Waals surface area (Å²) in [6, 6.07) is 5.60. The molecule has 0 aromatic heterocycles. The zero-order valence-electron chi connectivity index (χ0n) is 15.8. The minimum absolute atomic E-state index is 0.182. The van der Waals surface area contributed by atoms with Crippen LogP contribution in [0.3, 0.4) is 0 Å². The van der Waals surface area contributed by atoms with Crippen LogP contribution in [-0.4, -0.2) is 25.0 Å². The fourth-order valence-electron chi connectivity index (χ4n) is 6.10. The molecule has 5 rings (SSSR count). The van der Waals surface area contributed by atoms with Gasteiger partial charge >= 0.3 is 5.97 Å². The number of carbonyl (C=O) groups is 2. The number of carbonyl (C=O) groups excluding carboxylic acids is 2. The number of ether oxygens (including phenoxy) is 1. The summed E-state index contributed by atoms with van der Waals surface area (Å²) in [6.07, 6.45) is 8.01. The van der Waals surface area contributed by atoms with Crippen molar-refractivity contribution in [3.05, 3.63) is 34.9 Å². The van der Waals surface area contributed by atoms with Gasteiger partial charge < -0.3 is 10.1 Å². The average molecular weight is 355 g/mol. The Labute approximate surface area is 155 Å². The van der Waals surface area contributed by atoms with Crippen LogP contribution < -0.4 is 5.32 Å². The van der Waals surface area contributed by atoms with Gasteiger partial charge in [0.15, 0.2) is 6.61 Å². The topological polar surface area (TPSA) is 55.4 Å². The van der Waals surface area contributed by atoms with E-state index < -0.39 is 5.97 Å². The minimum Gasteiger partial charge on any atom is -0.452 e. The van der Waals surface area contributed by atoms with Gasteiger partial charge in [0.05, 0.1) is 5.56 Å². The van der Waals surface area contributed by atoms with Gasteiger partial charge in [0.1, 0.15) is 0 Å². The molecule has 4 bridgehead atoms. The van der Waals surface area contributed by atoms with Gasteiger partial charge in [0, 0.05) is 6.54 Å². The van der Waals surface area contributed by atoms with E-state index >= 15 is 0 Å². The SMILES string of the molecule is Cc1ccc(C(=O)OCC(=O)NCC23CC4CC(CC(C4)C2)C3)c(C)c1. The van der Waals surface area contributed by atoms with Gasteiger partial charge in [0.2, 0.25) is 0 Å². The molecule has 4 saturated carbocycles. The van der Waals surface area contributed by atoms with Crippen molar-refractivity contribution in [3.8, 4) is 0 Å². The summed E-state index contributed by atoms with van der Waals surface area (Å²) in [5, 5.41) is 3.05. The summed E-state index contributed by atoms with van der Waals surface area (Å²) < 4.78 is 5.23. The highest BCUT2D eigenvalue weighted by atomic mass is 16.5. The molecule has 4 aliphatic rings. The first-order chi connectivity index (χ1) is 12.4. The monoisotopic (exact) mass is 355 g/mol. The Hall–Kier alpha value is -1.84. The molecule has 0 saturated heterocycles. The van der Waals surface area contributed by atoms with Gasteiger partial charge in [-0.25, -0.2) is 4.79 Å². The molecule has 4 fully saturated rings. The molecule has 26 heavy (non-hydrogen) atoms. The summed E-state index contributed by atoms with van der Waals surface area (Å²) in [5.74, 6) is 2.02. The van der Waals surface area contributed by atoms with Crippen molar-refractivity contribution in [2.45, 2.75) is 52.4 Å². The van der Waals surface area contributed by atoms with Crippen molar-refractivity contribution >= 4 is 11.9 Å². The number of benzene rings is 1. The minimum atomic E-state index is -0.424. The fraction of sp³-hybridized carbons (Fsp3) is 0.636. The first kappa shape index (κ1) is 17.6. The lowest BCUT2D eigenvalue weighted by Crippen LogP contribution is -2.51. The average Bonchev–Trinajstić information content (AvgIpc) is 2.57. The number of aryl methyl sites for hydroxylation is 2. The van der Waals surface area contributed by atoms with E-state index in [1.807, 2.05) is 26.0 Å². The summed E-state index contributed by atoms with van der Waals surface area (Å²) in [7, 11) is 0.